The second kappa shape index (κ2) is 12.4. The third-order valence-electron chi connectivity index (χ3n) is 4.51. The van der Waals surface area contributed by atoms with Crippen LogP contribution in [0.15, 0.2) is 34.2 Å². The maximum Gasteiger partial charge on any atom is 0.191 e. The van der Waals surface area contributed by atoms with Crippen LogP contribution in [0.5, 0.6) is 0 Å². The number of guanidine groups is 1. The van der Waals surface area contributed by atoms with Crippen LogP contribution in [0.1, 0.15) is 30.6 Å². The van der Waals surface area contributed by atoms with E-state index in [2.05, 4.69) is 58.8 Å². The molecule has 1 aromatic carbocycles. The Morgan fingerprint density at radius 1 is 1.34 bits per heavy atom. The lowest BCUT2D eigenvalue weighted by Crippen LogP contribution is -2.47. The molecule has 3 rings (SSSR count). The molecule has 0 saturated heterocycles. The first-order chi connectivity index (χ1) is 13.7. The Labute approximate surface area is 194 Å². The molecule has 0 saturated carbocycles. The van der Waals surface area contributed by atoms with E-state index in [1.807, 2.05) is 16.4 Å². The first-order valence-electron chi connectivity index (χ1n) is 9.83. The van der Waals surface area contributed by atoms with Crippen molar-refractivity contribution in [2.75, 3.05) is 26.0 Å². The highest BCUT2D eigenvalue weighted by Crippen LogP contribution is 2.18. The topological polar surface area (TPSA) is 76.4 Å². The molecule has 1 aromatic heterocycles. The number of aliphatic imine (C=N–C) groups is 1. The highest BCUT2D eigenvalue weighted by molar-refractivity contribution is 14.0. The molecule has 29 heavy (non-hydrogen) atoms. The molecule has 1 atom stereocenters. The summed E-state index contributed by atoms with van der Waals surface area (Å²) in [6.07, 6.45) is 1.94. The molecule has 0 radical (unpaired) electrons. The van der Waals surface area contributed by atoms with Gasteiger partial charge in [-0.1, -0.05) is 17.7 Å². The van der Waals surface area contributed by atoms with Gasteiger partial charge in [0, 0.05) is 36.8 Å². The maximum absolute atomic E-state index is 5.14. The predicted molar refractivity (Wildman–Crippen MR) is 129 cm³/mol. The van der Waals surface area contributed by atoms with E-state index in [4.69, 9.17) is 9.73 Å². The number of ether oxygens (including phenoxy) is 1. The fourth-order valence-electron chi connectivity index (χ4n) is 3.14. The molecule has 2 heterocycles. The third-order valence-corrected chi connectivity index (χ3v) is 5.50. The van der Waals surface area contributed by atoms with Crippen molar-refractivity contribution in [3.05, 3.63) is 41.5 Å². The van der Waals surface area contributed by atoms with Crippen LogP contribution in [0.2, 0.25) is 0 Å². The van der Waals surface area contributed by atoms with Crippen molar-refractivity contribution in [1.29, 1.82) is 0 Å². The Bertz CT molecular complexity index is 780. The van der Waals surface area contributed by atoms with Crippen LogP contribution in [0, 0.1) is 6.92 Å². The summed E-state index contributed by atoms with van der Waals surface area (Å²) in [5, 5.41) is 11.4. The lowest BCUT2D eigenvalue weighted by Gasteiger charge is -2.25. The van der Waals surface area contributed by atoms with Crippen LogP contribution in [0.3, 0.4) is 0 Å². The fourth-order valence-corrected chi connectivity index (χ4v) is 3.88. The number of aromatic nitrogens is 3. The van der Waals surface area contributed by atoms with Crippen molar-refractivity contribution < 1.29 is 4.74 Å². The maximum atomic E-state index is 5.14. The number of halogens is 1. The van der Waals surface area contributed by atoms with Crippen molar-refractivity contribution in [3.8, 4) is 0 Å². The van der Waals surface area contributed by atoms with Crippen LogP contribution < -0.4 is 10.6 Å². The zero-order valence-corrected chi connectivity index (χ0v) is 20.5. The molecule has 1 aliphatic rings. The summed E-state index contributed by atoms with van der Waals surface area (Å²) in [7, 11) is 1.67. The van der Waals surface area contributed by atoms with Gasteiger partial charge < -0.3 is 15.4 Å². The lowest BCUT2D eigenvalue weighted by molar-refractivity contribution is 0.177. The van der Waals surface area contributed by atoms with E-state index in [9.17, 15) is 0 Å². The number of fused-ring (bicyclic) bond motifs is 1. The minimum absolute atomic E-state index is 0. The summed E-state index contributed by atoms with van der Waals surface area (Å²) >= 11 is 1.84. The highest BCUT2D eigenvalue weighted by Gasteiger charge is 2.22. The van der Waals surface area contributed by atoms with E-state index in [0.29, 0.717) is 12.6 Å². The number of hydrogen-bond acceptors (Lipinski definition) is 5. The van der Waals surface area contributed by atoms with Crippen LogP contribution >= 0.6 is 35.7 Å². The Hall–Kier alpha value is -1.33. The van der Waals surface area contributed by atoms with Crippen LogP contribution in [0.25, 0.3) is 0 Å². The lowest BCUT2D eigenvalue weighted by atomic mass is 10.1. The van der Waals surface area contributed by atoms with Gasteiger partial charge in [-0.3, -0.25) is 4.99 Å². The molecule has 2 N–H and O–H groups in total. The molecule has 2 aromatic rings. The van der Waals surface area contributed by atoms with Crippen molar-refractivity contribution in [2.24, 2.45) is 4.99 Å². The zero-order valence-electron chi connectivity index (χ0n) is 17.4. The number of hydrogen-bond donors (Lipinski definition) is 2. The molecular formula is C20H31IN6OS. The van der Waals surface area contributed by atoms with E-state index >= 15 is 0 Å². The van der Waals surface area contributed by atoms with Gasteiger partial charge in [0.15, 0.2) is 11.8 Å². The molecule has 9 heteroatoms. The summed E-state index contributed by atoms with van der Waals surface area (Å²) in [6, 6.07) is 8.94. The average molecular weight is 530 g/mol. The Balaban J connectivity index is 0.00000300. The van der Waals surface area contributed by atoms with Gasteiger partial charge in [0.1, 0.15) is 12.4 Å². The molecular weight excluding hydrogens is 499 g/mol. The van der Waals surface area contributed by atoms with Crippen LogP contribution in [-0.4, -0.2) is 52.7 Å². The third kappa shape index (κ3) is 7.45. The molecule has 0 bridgehead atoms. The number of benzene rings is 1. The minimum atomic E-state index is 0. The van der Waals surface area contributed by atoms with E-state index in [0.717, 1.165) is 55.8 Å². The highest BCUT2D eigenvalue weighted by atomic mass is 127. The number of rotatable bonds is 8. The minimum Gasteiger partial charge on any atom is -0.377 e. The second-order valence-electron chi connectivity index (χ2n) is 6.86. The average Bonchev–Trinajstić information content (AvgIpc) is 3.08. The molecule has 1 unspecified atom stereocenters. The quantitative estimate of drug-likeness (QED) is 0.180. The van der Waals surface area contributed by atoms with Crippen LogP contribution in [-0.2, 0) is 24.3 Å². The standard InChI is InChI=1S/C20H30N6OS.HI/c1-4-21-20(22-11-12-28-17-8-5-15(2)6-9-17)23-16-7-10-19-24-18(14-27-3)25-26(19)13-16;/h5-6,8-9,16H,4,7,10-14H2,1-3H3,(H2,21,22,23);1H. The second-order valence-corrected chi connectivity index (χ2v) is 8.03. The fraction of sp³-hybridized carbons (Fsp3) is 0.550. The molecule has 1 aliphatic heterocycles. The molecule has 7 nitrogen and oxygen atoms in total. The Morgan fingerprint density at radius 2 is 2.14 bits per heavy atom. The number of thioether (sulfide) groups is 1. The number of aryl methyl sites for hydroxylation is 2. The van der Waals surface area contributed by atoms with E-state index in [1.54, 1.807) is 7.11 Å². The first kappa shape index (κ1) is 23.9. The van der Waals surface area contributed by atoms with E-state index < -0.39 is 0 Å². The molecule has 0 fully saturated rings. The Kier molecular flexibility index (Phi) is 10.2. The summed E-state index contributed by atoms with van der Waals surface area (Å²) in [5.74, 6) is 3.63. The Morgan fingerprint density at radius 3 is 2.86 bits per heavy atom. The molecule has 0 spiro atoms. The van der Waals surface area contributed by atoms with Crippen molar-refractivity contribution in [2.45, 2.75) is 50.8 Å². The summed E-state index contributed by atoms with van der Waals surface area (Å²) in [6.45, 7) is 7.07. The normalized spacial score (nSPS) is 16.1. The molecule has 0 amide bonds. The van der Waals surface area contributed by atoms with Gasteiger partial charge in [-0.15, -0.1) is 35.7 Å². The number of nitrogens with zero attached hydrogens (tertiary/aromatic N) is 4. The monoisotopic (exact) mass is 530 g/mol. The van der Waals surface area contributed by atoms with Gasteiger partial charge in [-0.2, -0.15) is 5.10 Å². The number of methoxy groups -OCH3 is 1. The van der Waals surface area contributed by atoms with Crippen LogP contribution in [0.4, 0.5) is 0 Å². The van der Waals surface area contributed by atoms with Gasteiger partial charge >= 0.3 is 0 Å². The summed E-state index contributed by atoms with van der Waals surface area (Å²) < 4.78 is 7.13. The first-order valence-corrected chi connectivity index (χ1v) is 10.8. The van der Waals surface area contributed by atoms with Gasteiger partial charge in [-0.25, -0.2) is 9.67 Å². The van der Waals surface area contributed by atoms with E-state index in [-0.39, 0.29) is 24.0 Å². The van der Waals surface area contributed by atoms with Gasteiger partial charge in [-0.05, 0) is 32.4 Å². The molecule has 160 valence electrons. The summed E-state index contributed by atoms with van der Waals surface area (Å²) in [5.41, 5.74) is 1.29. The number of nitrogens with one attached hydrogen (secondary N) is 2. The van der Waals surface area contributed by atoms with Crippen molar-refractivity contribution in [1.82, 2.24) is 25.4 Å². The van der Waals surface area contributed by atoms with E-state index in [1.165, 1.54) is 10.5 Å². The van der Waals surface area contributed by atoms with Crippen molar-refractivity contribution >= 4 is 41.7 Å². The van der Waals surface area contributed by atoms with Gasteiger partial charge in [0.25, 0.3) is 0 Å². The predicted octanol–water partition coefficient (Wildman–Crippen LogP) is 3.01. The SMILES string of the molecule is CCNC(=NCCSc1ccc(C)cc1)NC1CCc2nc(COC)nn2C1.I. The van der Waals surface area contributed by atoms with Crippen molar-refractivity contribution in [3.63, 3.8) is 0 Å². The van der Waals surface area contributed by atoms with Gasteiger partial charge in [0.2, 0.25) is 0 Å². The van der Waals surface area contributed by atoms with Gasteiger partial charge in [0.05, 0.1) is 13.1 Å². The summed E-state index contributed by atoms with van der Waals surface area (Å²) in [4.78, 5) is 10.6. The molecule has 0 aliphatic carbocycles. The smallest absolute Gasteiger partial charge is 0.191 e. The largest absolute Gasteiger partial charge is 0.377 e. The zero-order chi connectivity index (χ0) is 19.8.